The van der Waals surface area contributed by atoms with Gasteiger partial charge >= 0.3 is 11.9 Å². The van der Waals surface area contributed by atoms with E-state index in [0.717, 1.165) is 0 Å². The lowest BCUT2D eigenvalue weighted by molar-refractivity contribution is -0.136. The topological polar surface area (TPSA) is 74.6 Å². The van der Waals surface area contributed by atoms with E-state index in [4.69, 9.17) is 10.2 Å². The van der Waals surface area contributed by atoms with Crippen molar-refractivity contribution in [2.45, 2.75) is 53.4 Å². The number of hydrogen-bond acceptors (Lipinski definition) is 2. The van der Waals surface area contributed by atoms with Crippen LogP contribution in [0, 0.1) is 11.8 Å². The van der Waals surface area contributed by atoms with Crippen molar-refractivity contribution >= 4 is 11.9 Å². The van der Waals surface area contributed by atoms with E-state index in [0.29, 0.717) is 37.5 Å². The molecule has 0 heterocycles. The highest BCUT2D eigenvalue weighted by Gasteiger charge is 2.20. The van der Waals surface area contributed by atoms with Gasteiger partial charge in [-0.05, 0) is 37.5 Å². The van der Waals surface area contributed by atoms with Crippen LogP contribution in [0.15, 0.2) is 11.1 Å². The van der Waals surface area contributed by atoms with E-state index in [1.807, 2.05) is 27.7 Å². The summed E-state index contributed by atoms with van der Waals surface area (Å²) >= 11 is 0. The molecule has 0 aliphatic heterocycles. The van der Waals surface area contributed by atoms with E-state index >= 15 is 0 Å². The smallest absolute Gasteiger partial charge is 0.332 e. The summed E-state index contributed by atoms with van der Waals surface area (Å²) in [4.78, 5) is 22.4. The first kappa shape index (κ1) is 16.7. The lowest BCUT2D eigenvalue weighted by Crippen LogP contribution is -2.13. The Morgan fingerprint density at radius 1 is 0.778 bits per heavy atom. The molecular weight excluding hydrogens is 232 g/mol. The summed E-state index contributed by atoms with van der Waals surface area (Å²) in [6.07, 6.45) is 2.04. The summed E-state index contributed by atoms with van der Waals surface area (Å²) in [7, 11) is 0. The zero-order chi connectivity index (χ0) is 14.3. The molecule has 4 nitrogen and oxygen atoms in total. The zero-order valence-electron chi connectivity index (χ0n) is 11.7. The lowest BCUT2D eigenvalue weighted by atomic mass is 9.94. The molecule has 0 fully saturated rings. The number of aliphatic carboxylic acids is 2. The van der Waals surface area contributed by atoms with Crippen molar-refractivity contribution in [2.24, 2.45) is 11.8 Å². The van der Waals surface area contributed by atoms with Crippen molar-refractivity contribution in [3.05, 3.63) is 11.1 Å². The maximum atomic E-state index is 11.2. The quantitative estimate of drug-likeness (QED) is 0.653. The Bertz CT molecular complexity index is 295. The fraction of sp³-hybridized carbons (Fsp3) is 0.714. The van der Waals surface area contributed by atoms with Gasteiger partial charge in [-0.1, -0.05) is 27.7 Å². The van der Waals surface area contributed by atoms with Crippen LogP contribution in [0.4, 0.5) is 0 Å². The highest BCUT2D eigenvalue weighted by Crippen LogP contribution is 2.21. The van der Waals surface area contributed by atoms with Crippen LogP contribution in [0.25, 0.3) is 0 Å². The lowest BCUT2D eigenvalue weighted by Gasteiger charge is -2.11. The molecule has 2 N–H and O–H groups in total. The average Bonchev–Trinajstić information content (AvgIpc) is 2.20. The zero-order valence-corrected chi connectivity index (χ0v) is 11.7. The van der Waals surface area contributed by atoms with E-state index in [1.165, 1.54) is 0 Å². The number of rotatable bonds is 8. The predicted octanol–water partition coefficient (Wildman–Crippen LogP) is 3.32. The van der Waals surface area contributed by atoms with E-state index < -0.39 is 11.9 Å². The third-order valence-electron chi connectivity index (χ3n) is 2.82. The molecule has 18 heavy (non-hydrogen) atoms. The molecule has 0 aliphatic carbocycles. The summed E-state index contributed by atoms with van der Waals surface area (Å²) < 4.78 is 0. The van der Waals surface area contributed by atoms with Gasteiger partial charge in [0.1, 0.15) is 0 Å². The number of carboxylic acid groups (broad SMARTS) is 2. The number of carboxylic acids is 2. The fourth-order valence-electron chi connectivity index (χ4n) is 1.64. The van der Waals surface area contributed by atoms with Crippen molar-refractivity contribution in [3.63, 3.8) is 0 Å². The second-order valence-corrected chi connectivity index (χ2v) is 5.43. The van der Waals surface area contributed by atoms with Gasteiger partial charge in [0.05, 0.1) is 0 Å². The van der Waals surface area contributed by atoms with Crippen LogP contribution in [-0.4, -0.2) is 22.2 Å². The largest absolute Gasteiger partial charge is 0.478 e. The Morgan fingerprint density at radius 3 is 1.22 bits per heavy atom. The normalized spacial score (nSPS) is 12.8. The maximum Gasteiger partial charge on any atom is 0.332 e. The van der Waals surface area contributed by atoms with Crippen LogP contribution in [0.3, 0.4) is 0 Å². The first-order valence-corrected chi connectivity index (χ1v) is 6.44. The van der Waals surface area contributed by atoms with Gasteiger partial charge in [-0.2, -0.15) is 0 Å². The third-order valence-corrected chi connectivity index (χ3v) is 2.82. The van der Waals surface area contributed by atoms with Gasteiger partial charge in [-0.15, -0.1) is 0 Å². The molecule has 4 heteroatoms. The van der Waals surface area contributed by atoms with Gasteiger partial charge < -0.3 is 10.2 Å². The fourth-order valence-corrected chi connectivity index (χ4v) is 1.64. The van der Waals surface area contributed by atoms with Crippen LogP contribution in [0.5, 0.6) is 0 Å². The molecular formula is C14H24O4. The summed E-state index contributed by atoms with van der Waals surface area (Å²) in [5.41, 5.74) is 0.133. The van der Waals surface area contributed by atoms with Crippen molar-refractivity contribution in [1.29, 1.82) is 0 Å². The molecule has 0 aromatic heterocycles. The summed E-state index contributed by atoms with van der Waals surface area (Å²) in [6.45, 7) is 7.98. The minimum Gasteiger partial charge on any atom is -0.478 e. The van der Waals surface area contributed by atoms with Crippen molar-refractivity contribution in [1.82, 2.24) is 0 Å². The van der Waals surface area contributed by atoms with E-state index in [2.05, 4.69) is 0 Å². The number of carbonyl (C=O) groups is 2. The molecule has 0 saturated heterocycles. The van der Waals surface area contributed by atoms with Gasteiger partial charge in [0.15, 0.2) is 0 Å². The molecule has 0 spiro atoms. The molecule has 0 aromatic rings. The standard InChI is InChI=1S/C14H24O4/c1-9(2)5-7-11(13(15)16)12(14(17)18)8-6-10(3)4/h9-10H,5-8H2,1-4H3,(H,15,16)(H,17,18). The van der Waals surface area contributed by atoms with E-state index in [-0.39, 0.29) is 11.1 Å². The molecule has 0 bridgehead atoms. The average molecular weight is 256 g/mol. The van der Waals surface area contributed by atoms with Crippen LogP contribution >= 0.6 is 0 Å². The second kappa shape index (κ2) is 7.90. The monoisotopic (exact) mass is 256 g/mol. The Morgan fingerprint density at radius 2 is 1.06 bits per heavy atom. The Hall–Kier alpha value is -1.32. The molecule has 0 saturated carbocycles. The summed E-state index contributed by atoms with van der Waals surface area (Å²) in [5, 5.41) is 18.3. The third kappa shape index (κ3) is 6.42. The number of hydrogen-bond donors (Lipinski definition) is 2. The molecule has 0 amide bonds. The maximum absolute atomic E-state index is 11.2. The minimum absolute atomic E-state index is 0.0665. The molecule has 0 rings (SSSR count). The van der Waals surface area contributed by atoms with E-state index in [1.54, 1.807) is 0 Å². The van der Waals surface area contributed by atoms with Crippen LogP contribution in [-0.2, 0) is 9.59 Å². The SMILES string of the molecule is CC(C)CCC(C(=O)O)=C(CCC(C)C)C(=O)O. The summed E-state index contributed by atoms with van der Waals surface area (Å²) in [5.74, 6) is -1.48. The van der Waals surface area contributed by atoms with Crippen LogP contribution in [0.1, 0.15) is 53.4 Å². The first-order chi connectivity index (χ1) is 8.25. The van der Waals surface area contributed by atoms with Crippen molar-refractivity contribution < 1.29 is 19.8 Å². The molecule has 0 aliphatic rings. The Balaban J connectivity index is 5.04. The van der Waals surface area contributed by atoms with Crippen molar-refractivity contribution in [3.8, 4) is 0 Å². The molecule has 104 valence electrons. The predicted molar refractivity (Wildman–Crippen MR) is 70.4 cm³/mol. The summed E-state index contributed by atoms with van der Waals surface area (Å²) in [6, 6.07) is 0. The van der Waals surface area contributed by atoms with E-state index in [9.17, 15) is 9.59 Å². The Labute approximate surface area is 109 Å². The highest BCUT2D eigenvalue weighted by atomic mass is 16.4. The van der Waals surface area contributed by atoms with Crippen LogP contribution < -0.4 is 0 Å². The van der Waals surface area contributed by atoms with Crippen molar-refractivity contribution in [2.75, 3.05) is 0 Å². The minimum atomic E-state index is -1.10. The van der Waals surface area contributed by atoms with Gasteiger partial charge in [-0.25, -0.2) is 9.59 Å². The van der Waals surface area contributed by atoms with Gasteiger partial charge in [-0.3, -0.25) is 0 Å². The molecule has 0 radical (unpaired) electrons. The molecule has 0 unspecified atom stereocenters. The van der Waals surface area contributed by atoms with Gasteiger partial charge in [0, 0.05) is 11.1 Å². The van der Waals surface area contributed by atoms with Gasteiger partial charge in [0.25, 0.3) is 0 Å². The Kier molecular flexibility index (Phi) is 7.32. The van der Waals surface area contributed by atoms with Crippen LogP contribution in [0.2, 0.25) is 0 Å². The second-order valence-electron chi connectivity index (χ2n) is 5.43. The molecule has 0 atom stereocenters. The highest BCUT2D eigenvalue weighted by molar-refractivity contribution is 5.98. The molecule has 0 aromatic carbocycles. The first-order valence-electron chi connectivity index (χ1n) is 6.44. The van der Waals surface area contributed by atoms with Gasteiger partial charge in [0.2, 0.25) is 0 Å².